The standard InChI is InChI=1S/C14H18ClN3/c1-18-14(8-9-17-18)7-6-13(16)10-11-2-4-12(15)5-3-11/h2-5,8-9,13H,6-7,10,16H2,1H3. The van der Waals surface area contributed by atoms with Crippen LogP contribution in [0.5, 0.6) is 0 Å². The fourth-order valence-electron chi connectivity index (χ4n) is 2.01. The lowest BCUT2D eigenvalue weighted by Gasteiger charge is -2.11. The Labute approximate surface area is 113 Å². The van der Waals surface area contributed by atoms with Gasteiger partial charge in [0.15, 0.2) is 0 Å². The highest BCUT2D eigenvalue weighted by atomic mass is 35.5. The Morgan fingerprint density at radius 1 is 1.28 bits per heavy atom. The molecule has 0 saturated carbocycles. The lowest BCUT2D eigenvalue weighted by Crippen LogP contribution is -2.23. The molecule has 0 aliphatic heterocycles. The van der Waals surface area contributed by atoms with Crippen molar-refractivity contribution in [3.8, 4) is 0 Å². The molecule has 1 aromatic heterocycles. The van der Waals surface area contributed by atoms with E-state index in [-0.39, 0.29) is 6.04 Å². The number of aromatic nitrogens is 2. The first kappa shape index (κ1) is 13.1. The minimum Gasteiger partial charge on any atom is -0.327 e. The summed E-state index contributed by atoms with van der Waals surface area (Å²) in [7, 11) is 1.96. The molecule has 1 atom stereocenters. The summed E-state index contributed by atoms with van der Waals surface area (Å²) in [5, 5.41) is 4.92. The van der Waals surface area contributed by atoms with Crippen molar-refractivity contribution in [3.63, 3.8) is 0 Å². The maximum absolute atomic E-state index is 6.15. The molecule has 0 spiro atoms. The van der Waals surface area contributed by atoms with Crippen LogP contribution in [0.15, 0.2) is 36.5 Å². The highest BCUT2D eigenvalue weighted by molar-refractivity contribution is 6.30. The van der Waals surface area contributed by atoms with Crippen LogP contribution in [0.2, 0.25) is 5.02 Å². The van der Waals surface area contributed by atoms with Gasteiger partial charge in [-0.15, -0.1) is 0 Å². The van der Waals surface area contributed by atoms with E-state index in [0.717, 1.165) is 24.3 Å². The van der Waals surface area contributed by atoms with Crippen LogP contribution in [-0.4, -0.2) is 15.8 Å². The lowest BCUT2D eigenvalue weighted by atomic mass is 10.0. The van der Waals surface area contributed by atoms with Crippen LogP contribution in [0.3, 0.4) is 0 Å². The fraction of sp³-hybridized carbons (Fsp3) is 0.357. The third kappa shape index (κ3) is 3.59. The van der Waals surface area contributed by atoms with E-state index < -0.39 is 0 Å². The maximum atomic E-state index is 6.15. The molecule has 4 heteroatoms. The van der Waals surface area contributed by atoms with Gasteiger partial charge in [0, 0.05) is 30.0 Å². The van der Waals surface area contributed by atoms with Crippen molar-refractivity contribution in [2.24, 2.45) is 12.8 Å². The van der Waals surface area contributed by atoms with Crippen LogP contribution in [0, 0.1) is 0 Å². The smallest absolute Gasteiger partial charge is 0.0492 e. The van der Waals surface area contributed by atoms with Gasteiger partial charge in [-0.05, 0) is 43.0 Å². The first-order valence-corrected chi connectivity index (χ1v) is 6.50. The van der Waals surface area contributed by atoms with Crippen LogP contribution in [-0.2, 0) is 19.9 Å². The highest BCUT2D eigenvalue weighted by Crippen LogP contribution is 2.12. The van der Waals surface area contributed by atoms with E-state index in [9.17, 15) is 0 Å². The van der Waals surface area contributed by atoms with Crippen molar-refractivity contribution in [2.75, 3.05) is 0 Å². The SMILES string of the molecule is Cn1nccc1CCC(N)Cc1ccc(Cl)cc1. The molecule has 2 aromatic rings. The minimum atomic E-state index is 0.168. The Morgan fingerprint density at radius 3 is 2.61 bits per heavy atom. The molecule has 3 nitrogen and oxygen atoms in total. The fourth-order valence-corrected chi connectivity index (χ4v) is 2.13. The van der Waals surface area contributed by atoms with E-state index in [4.69, 9.17) is 17.3 Å². The quantitative estimate of drug-likeness (QED) is 0.901. The number of benzene rings is 1. The Bertz CT molecular complexity index is 490. The second-order valence-electron chi connectivity index (χ2n) is 4.58. The molecule has 0 amide bonds. The van der Waals surface area contributed by atoms with E-state index in [1.807, 2.05) is 48.3 Å². The van der Waals surface area contributed by atoms with Crippen molar-refractivity contribution < 1.29 is 0 Å². The molecule has 1 heterocycles. The molecule has 0 bridgehead atoms. The Hall–Kier alpha value is -1.32. The van der Waals surface area contributed by atoms with E-state index in [0.29, 0.717) is 0 Å². The zero-order valence-corrected chi connectivity index (χ0v) is 11.3. The molecule has 0 radical (unpaired) electrons. The molecule has 18 heavy (non-hydrogen) atoms. The van der Waals surface area contributed by atoms with E-state index in [1.54, 1.807) is 0 Å². The summed E-state index contributed by atoms with van der Waals surface area (Å²) < 4.78 is 1.90. The minimum absolute atomic E-state index is 0.168. The van der Waals surface area contributed by atoms with Crippen LogP contribution in [0.25, 0.3) is 0 Å². The summed E-state index contributed by atoms with van der Waals surface area (Å²) >= 11 is 5.85. The predicted molar refractivity (Wildman–Crippen MR) is 74.7 cm³/mol. The van der Waals surface area contributed by atoms with Crippen LogP contribution in [0.1, 0.15) is 17.7 Å². The molecule has 0 aliphatic rings. The Kier molecular flexibility index (Phi) is 4.39. The molecule has 1 aromatic carbocycles. The zero-order chi connectivity index (χ0) is 13.0. The first-order valence-electron chi connectivity index (χ1n) is 6.12. The van der Waals surface area contributed by atoms with Crippen LogP contribution < -0.4 is 5.73 Å². The molecule has 0 saturated heterocycles. The summed E-state index contributed by atoms with van der Waals surface area (Å²) in [5.41, 5.74) is 8.60. The number of hydrogen-bond acceptors (Lipinski definition) is 2. The van der Waals surface area contributed by atoms with E-state index >= 15 is 0 Å². The maximum Gasteiger partial charge on any atom is 0.0492 e. The topological polar surface area (TPSA) is 43.8 Å². The average Bonchev–Trinajstić information content (AvgIpc) is 2.75. The second-order valence-corrected chi connectivity index (χ2v) is 5.01. The predicted octanol–water partition coefficient (Wildman–Crippen LogP) is 2.58. The summed E-state index contributed by atoms with van der Waals surface area (Å²) in [6.07, 6.45) is 4.63. The molecule has 2 N–H and O–H groups in total. The molecule has 96 valence electrons. The van der Waals surface area contributed by atoms with Crippen molar-refractivity contribution in [3.05, 3.63) is 52.8 Å². The summed E-state index contributed by atoms with van der Waals surface area (Å²) in [6, 6.07) is 10.1. The Balaban J connectivity index is 1.83. The van der Waals surface area contributed by atoms with Crippen molar-refractivity contribution in [2.45, 2.75) is 25.3 Å². The van der Waals surface area contributed by atoms with Gasteiger partial charge < -0.3 is 5.73 Å². The van der Waals surface area contributed by atoms with Crippen LogP contribution >= 0.6 is 11.6 Å². The number of rotatable bonds is 5. The molecule has 0 aliphatic carbocycles. The third-order valence-corrected chi connectivity index (χ3v) is 3.36. The van der Waals surface area contributed by atoms with Gasteiger partial charge in [-0.25, -0.2) is 0 Å². The van der Waals surface area contributed by atoms with Gasteiger partial charge >= 0.3 is 0 Å². The van der Waals surface area contributed by atoms with Gasteiger partial charge in [0.2, 0.25) is 0 Å². The number of aryl methyl sites for hydroxylation is 2. The monoisotopic (exact) mass is 263 g/mol. The summed E-state index contributed by atoms with van der Waals surface area (Å²) in [5.74, 6) is 0. The van der Waals surface area contributed by atoms with Gasteiger partial charge in [-0.2, -0.15) is 5.10 Å². The van der Waals surface area contributed by atoms with Crippen molar-refractivity contribution in [1.82, 2.24) is 9.78 Å². The Morgan fingerprint density at radius 2 is 2.00 bits per heavy atom. The first-order chi connectivity index (χ1) is 8.65. The molecule has 0 fully saturated rings. The van der Waals surface area contributed by atoms with Crippen molar-refractivity contribution >= 4 is 11.6 Å². The number of nitrogens with zero attached hydrogens (tertiary/aromatic N) is 2. The second kappa shape index (κ2) is 6.03. The normalized spacial score (nSPS) is 12.6. The van der Waals surface area contributed by atoms with Gasteiger partial charge in [-0.1, -0.05) is 23.7 Å². The largest absolute Gasteiger partial charge is 0.327 e. The van der Waals surface area contributed by atoms with Crippen LogP contribution in [0.4, 0.5) is 0 Å². The van der Waals surface area contributed by atoms with E-state index in [2.05, 4.69) is 5.10 Å². The number of nitrogens with two attached hydrogens (primary N) is 1. The van der Waals surface area contributed by atoms with E-state index in [1.165, 1.54) is 11.3 Å². The summed E-state index contributed by atoms with van der Waals surface area (Å²) in [6.45, 7) is 0. The van der Waals surface area contributed by atoms with Gasteiger partial charge in [0.1, 0.15) is 0 Å². The molecular weight excluding hydrogens is 246 g/mol. The zero-order valence-electron chi connectivity index (χ0n) is 10.5. The number of halogens is 1. The highest BCUT2D eigenvalue weighted by Gasteiger charge is 2.06. The third-order valence-electron chi connectivity index (χ3n) is 3.10. The van der Waals surface area contributed by atoms with Gasteiger partial charge in [0.05, 0.1) is 0 Å². The van der Waals surface area contributed by atoms with Crippen molar-refractivity contribution in [1.29, 1.82) is 0 Å². The molecule has 1 unspecified atom stereocenters. The average molecular weight is 264 g/mol. The molecule has 2 rings (SSSR count). The van der Waals surface area contributed by atoms with Gasteiger partial charge in [0.25, 0.3) is 0 Å². The molecular formula is C14H18ClN3. The lowest BCUT2D eigenvalue weighted by molar-refractivity contribution is 0.586. The number of hydrogen-bond donors (Lipinski definition) is 1. The van der Waals surface area contributed by atoms with Gasteiger partial charge in [-0.3, -0.25) is 4.68 Å². The summed E-state index contributed by atoms with van der Waals surface area (Å²) in [4.78, 5) is 0.